The Hall–Kier alpha value is -1.75. The number of rotatable bonds is 7. The molecule has 1 fully saturated rings. The van der Waals surface area contributed by atoms with Gasteiger partial charge in [-0.2, -0.15) is 0 Å². The molecule has 1 heterocycles. The van der Waals surface area contributed by atoms with Gasteiger partial charge in [0.1, 0.15) is 12.6 Å². The molecule has 2 rings (SSSR count). The number of carbonyl (C=O) groups is 1. The molecular weight excluding hydrogens is 258 g/mol. The first-order valence-electron chi connectivity index (χ1n) is 7.04. The third-order valence-electron chi connectivity index (χ3n) is 3.43. The molecule has 5 heteroatoms. The van der Waals surface area contributed by atoms with Gasteiger partial charge in [0.15, 0.2) is 11.5 Å². The molecule has 5 nitrogen and oxygen atoms in total. The number of hydrogen-bond acceptors (Lipinski definition) is 4. The lowest BCUT2D eigenvalue weighted by Gasteiger charge is -2.21. The fourth-order valence-electron chi connectivity index (χ4n) is 2.49. The van der Waals surface area contributed by atoms with E-state index in [1.165, 1.54) is 0 Å². The van der Waals surface area contributed by atoms with Crippen LogP contribution in [0.4, 0.5) is 0 Å². The van der Waals surface area contributed by atoms with Crippen LogP contribution in [0, 0.1) is 0 Å². The predicted octanol–water partition coefficient (Wildman–Crippen LogP) is 2.01. The molecule has 1 unspecified atom stereocenters. The van der Waals surface area contributed by atoms with Crippen LogP contribution in [0.25, 0.3) is 0 Å². The molecule has 1 aromatic carbocycles. The van der Waals surface area contributed by atoms with E-state index < -0.39 is 5.97 Å². The van der Waals surface area contributed by atoms with Crippen LogP contribution in [-0.2, 0) is 4.79 Å². The minimum atomic E-state index is -0.739. The summed E-state index contributed by atoms with van der Waals surface area (Å²) in [5.41, 5.74) is 0. The van der Waals surface area contributed by atoms with Gasteiger partial charge in [-0.05, 0) is 38.4 Å². The van der Waals surface area contributed by atoms with Crippen molar-refractivity contribution in [3.05, 3.63) is 24.3 Å². The SMILES string of the molecule is CCOc1ccccc1OCCN1CCCC1C(=O)O. The number of benzene rings is 1. The van der Waals surface area contributed by atoms with Gasteiger partial charge in [0.2, 0.25) is 0 Å². The summed E-state index contributed by atoms with van der Waals surface area (Å²) < 4.78 is 11.2. The smallest absolute Gasteiger partial charge is 0.320 e. The molecule has 0 aliphatic carbocycles. The summed E-state index contributed by atoms with van der Waals surface area (Å²) in [6.07, 6.45) is 1.66. The highest BCUT2D eigenvalue weighted by Gasteiger charge is 2.29. The monoisotopic (exact) mass is 279 g/mol. The number of likely N-dealkylation sites (tertiary alicyclic amines) is 1. The Bertz CT molecular complexity index is 449. The van der Waals surface area contributed by atoms with Gasteiger partial charge >= 0.3 is 5.97 Å². The summed E-state index contributed by atoms with van der Waals surface area (Å²) in [7, 11) is 0. The Morgan fingerprint density at radius 3 is 2.70 bits per heavy atom. The summed E-state index contributed by atoms with van der Waals surface area (Å²) in [4.78, 5) is 13.0. The van der Waals surface area contributed by atoms with Crippen LogP contribution in [0.3, 0.4) is 0 Å². The minimum Gasteiger partial charge on any atom is -0.490 e. The molecule has 20 heavy (non-hydrogen) atoms. The lowest BCUT2D eigenvalue weighted by molar-refractivity contribution is -0.142. The first kappa shape index (κ1) is 14.7. The number of hydrogen-bond donors (Lipinski definition) is 1. The molecule has 1 aromatic rings. The van der Waals surface area contributed by atoms with E-state index in [4.69, 9.17) is 14.6 Å². The molecule has 1 aliphatic heterocycles. The second kappa shape index (κ2) is 7.14. The number of nitrogens with zero attached hydrogens (tertiary/aromatic N) is 1. The highest BCUT2D eigenvalue weighted by atomic mass is 16.5. The zero-order valence-electron chi connectivity index (χ0n) is 11.7. The molecule has 1 atom stereocenters. The quantitative estimate of drug-likeness (QED) is 0.827. The molecule has 1 N–H and O–H groups in total. The van der Waals surface area contributed by atoms with Gasteiger partial charge in [-0.1, -0.05) is 12.1 Å². The van der Waals surface area contributed by atoms with Crippen LogP contribution < -0.4 is 9.47 Å². The van der Waals surface area contributed by atoms with E-state index in [1.807, 2.05) is 36.1 Å². The van der Waals surface area contributed by atoms with Crippen molar-refractivity contribution >= 4 is 5.97 Å². The molecule has 1 aliphatic rings. The lowest BCUT2D eigenvalue weighted by Crippen LogP contribution is -2.38. The first-order valence-corrected chi connectivity index (χ1v) is 7.04. The highest BCUT2D eigenvalue weighted by molar-refractivity contribution is 5.73. The number of para-hydroxylation sites is 2. The number of carboxylic acids is 1. The maximum Gasteiger partial charge on any atom is 0.320 e. The van der Waals surface area contributed by atoms with Crippen molar-refractivity contribution < 1.29 is 19.4 Å². The summed E-state index contributed by atoms with van der Waals surface area (Å²) in [5.74, 6) is 0.698. The second-order valence-corrected chi connectivity index (χ2v) is 4.76. The van der Waals surface area contributed by atoms with Crippen molar-refractivity contribution in [3.8, 4) is 11.5 Å². The Labute approximate surface area is 119 Å². The number of aliphatic carboxylic acids is 1. The molecule has 0 amide bonds. The summed E-state index contributed by atoms with van der Waals surface area (Å²) in [6.45, 7) is 4.44. The highest BCUT2D eigenvalue weighted by Crippen LogP contribution is 2.26. The Kier molecular flexibility index (Phi) is 5.24. The molecule has 0 radical (unpaired) electrons. The van der Waals surface area contributed by atoms with Gasteiger partial charge in [0, 0.05) is 6.54 Å². The molecule has 0 bridgehead atoms. The maximum absolute atomic E-state index is 11.1. The Morgan fingerprint density at radius 2 is 2.05 bits per heavy atom. The van der Waals surface area contributed by atoms with E-state index in [9.17, 15) is 4.79 Å². The molecule has 0 aromatic heterocycles. The van der Waals surface area contributed by atoms with Crippen LogP contribution in [-0.4, -0.2) is 48.3 Å². The minimum absolute atomic E-state index is 0.360. The summed E-state index contributed by atoms with van der Waals surface area (Å²) in [6, 6.07) is 7.17. The predicted molar refractivity (Wildman–Crippen MR) is 75.3 cm³/mol. The molecular formula is C15H21NO4. The zero-order chi connectivity index (χ0) is 14.4. The van der Waals surface area contributed by atoms with Gasteiger partial charge in [-0.3, -0.25) is 9.69 Å². The van der Waals surface area contributed by atoms with Crippen LogP contribution in [0.2, 0.25) is 0 Å². The zero-order valence-corrected chi connectivity index (χ0v) is 11.7. The maximum atomic E-state index is 11.1. The van der Waals surface area contributed by atoms with Crippen LogP contribution in [0.1, 0.15) is 19.8 Å². The lowest BCUT2D eigenvalue weighted by atomic mass is 10.2. The van der Waals surface area contributed by atoms with E-state index in [0.717, 1.165) is 25.1 Å². The van der Waals surface area contributed by atoms with Gasteiger partial charge in [0.05, 0.1) is 6.61 Å². The molecule has 110 valence electrons. The standard InChI is InChI=1S/C15H21NO4/c1-2-19-13-7-3-4-8-14(13)20-11-10-16-9-5-6-12(16)15(17)18/h3-4,7-8,12H,2,5-6,9-11H2,1H3,(H,17,18). The van der Waals surface area contributed by atoms with E-state index in [-0.39, 0.29) is 6.04 Å². The van der Waals surface area contributed by atoms with Gasteiger partial charge in [-0.15, -0.1) is 0 Å². The topological polar surface area (TPSA) is 59.0 Å². The Morgan fingerprint density at radius 1 is 1.35 bits per heavy atom. The molecule has 0 spiro atoms. The summed E-state index contributed by atoms with van der Waals surface area (Å²) in [5, 5.41) is 9.11. The van der Waals surface area contributed by atoms with Crippen molar-refractivity contribution in [2.75, 3.05) is 26.3 Å². The van der Waals surface area contributed by atoms with E-state index in [1.54, 1.807) is 0 Å². The largest absolute Gasteiger partial charge is 0.490 e. The van der Waals surface area contributed by atoms with Crippen molar-refractivity contribution in [3.63, 3.8) is 0 Å². The average molecular weight is 279 g/mol. The second-order valence-electron chi connectivity index (χ2n) is 4.76. The van der Waals surface area contributed by atoms with Crippen LogP contribution >= 0.6 is 0 Å². The van der Waals surface area contributed by atoms with E-state index >= 15 is 0 Å². The van der Waals surface area contributed by atoms with E-state index in [0.29, 0.717) is 25.5 Å². The third kappa shape index (κ3) is 3.63. The van der Waals surface area contributed by atoms with Gasteiger partial charge < -0.3 is 14.6 Å². The van der Waals surface area contributed by atoms with Crippen molar-refractivity contribution in [1.82, 2.24) is 4.90 Å². The van der Waals surface area contributed by atoms with Gasteiger partial charge in [-0.25, -0.2) is 0 Å². The number of ether oxygens (including phenoxy) is 2. The fourth-order valence-corrected chi connectivity index (χ4v) is 2.49. The third-order valence-corrected chi connectivity index (χ3v) is 3.43. The fraction of sp³-hybridized carbons (Fsp3) is 0.533. The van der Waals surface area contributed by atoms with Crippen molar-refractivity contribution in [2.24, 2.45) is 0 Å². The first-order chi connectivity index (χ1) is 9.72. The summed E-state index contributed by atoms with van der Waals surface area (Å²) >= 11 is 0. The normalized spacial score (nSPS) is 18.9. The average Bonchev–Trinajstić information content (AvgIpc) is 2.90. The van der Waals surface area contributed by atoms with Crippen molar-refractivity contribution in [2.45, 2.75) is 25.8 Å². The number of carboxylic acid groups (broad SMARTS) is 1. The van der Waals surface area contributed by atoms with Gasteiger partial charge in [0.25, 0.3) is 0 Å². The van der Waals surface area contributed by atoms with Crippen molar-refractivity contribution in [1.29, 1.82) is 0 Å². The van der Waals surface area contributed by atoms with Crippen LogP contribution in [0.15, 0.2) is 24.3 Å². The molecule has 1 saturated heterocycles. The van der Waals surface area contributed by atoms with E-state index in [2.05, 4.69) is 0 Å². The van der Waals surface area contributed by atoms with Crippen LogP contribution in [0.5, 0.6) is 11.5 Å². The molecule has 0 saturated carbocycles. The Balaban J connectivity index is 1.85.